The molecule has 2 atom stereocenters. The zero-order chi connectivity index (χ0) is 21.2. The average Bonchev–Trinajstić information content (AvgIpc) is 2.90. The number of anilines is 1. The Morgan fingerprint density at radius 2 is 2.03 bits per heavy atom. The molecule has 156 valence electrons. The Morgan fingerprint density at radius 1 is 1.28 bits per heavy atom. The summed E-state index contributed by atoms with van der Waals surface area (Å²) >= 11 is 0. The average molecular weight is 401 g/mol. The lowest BCUT2D eigenvalue weighted by Gasteiger charge is -2.36. The minimum Gasteiger partial charge on any atom is -0.454 e. The van der Waals surface area contributed by atoms with Crippen molar-refractivity contribution in [1.29, 1.82) is 0 Å². The van der Waals surface area contributed by atoms with Gasteiger partial charge < -0.3 is 15.4 Å². The molecule has 1 aliphatic heterocycles. The molecule has 0 bridgehead atoms. The van der Waals surface area contributed by atoms with Crippen LogP contribution in [0.25, 0.3) is 0 Å². The van der Waals surface area contributed by atoms with Crippen LogP contribution in [0.15, 0.2) is 18.2 Å². The van der Waals surface area contributed by atoms with E-state index in [1.165, 1.54) is 0 Å². The van der Waals surface area contributed by atoms with Gasteiger partial charge in [0.2, 0.25) is 0 Å². The molecule has 1 heterocycles. The fourth-order valence-corrected chi connectivity index (χ4v) is 4.02. The van der Waals surface area contributed by atoms with Gasteiger partial charge in [-0.2, -0.15) is 0 Å². The topological polar surface area (TPSA) is 105 Å². The molecule has 2 N–H and O–H groups in total. The van der Waals surface area contributed by atoms with Gasteiger partial charge in [0.1, 0.15) is 12.1 Å². The SMILES string of the molecule is Cc1ccc(C)c(NC(=O)COC(=O)CN2C(=O)N[C@@]3(CCCC[C@H]3C)C2=O)c1. The van der Waals surface area contributed by atoms with E-state index in [0.29, 0.717) is 12.1 Å². The van der Waals surface area contributed by atoms with Gasteiger partial charge in [-0.1, -0.05) is 31.9 Å². The molecule has 1 saturated heterocycles. The summed E-state index contributed by atoms with van der Waals surface area (Å²) in [6.07, 6.45) is 3.29. The maximum Gasteiger partial charge on any atom is 0.326 e. The number of esters is 1. The predicted octanol–water partition coefficient (Wildman–Crippen LogP) is 2.29. The molecule has 8 nitrogen and oxygen atoms in total. The van der Waals surface area contributed by atoms with Crippen molar-refractivity contribution < 1.29 is 23.9 Å². The van der Waals surface area contributed by atoms with Crippen molar-refractivity contribution in [3.8, 4) is 0 Å². The van der Waals surface area contributed by atoms with Crippen LogP contribution >= 0.6 is 0 Å². The Bertz CT molecular complexity index is 853. The summed E-state index contributed by atoms with van der Waals surface area (Å²) in [5.74, 6) is -1.66. The van der Waals surface area contributed by atoms with E-state index in [2.05, 4.69) is 10.6 Å². The zero-order valence-corrected chi connectivity index (χ0v) is 17.0. The van der Waals surface area contributed by atoms with Gasteiger partial charge in [0.05, 0.1) is 0 Å². The van der Waals surface area contributed by atoms with E-state index in [1.807, 2.05) is 39.0 Å². The number of urea groups is 1. The van der Waals surface area contributed by atoms with Gasteiger partial charge >= 0.3 is 12.0 Å². The molecule has 0 radical (unpaired) electrons. The number of carbonyl (C=O) groups excluding carboxylic acids is 4. The van der Waals surface area contributed by atoms with Crippen LogP contribution in [0.5, 0.6) is 0 Å². The summed E-state index contributed by atoms with van der Waals surface area (Å²) in [6, 6.07) is 5.06. The third kappa shape index (κ3) is 4.26. The highest BCUT2D eigenvalue weighted by Gasteiger charge is 2.55. The largest absolute Gasteiger partial charge is 0.454 e. The van der Waals surface area contributed by atoms with Crippen LogP contribution in [0.4, 0.5) is 10.5 Å². The molecule has 1 saturated carbocycles. The summed E-state index contributed by atoms with van der Waals surface area (Å²) in [5.41, 5.74) is 1.61. The van der Waals surface area contributed by atoms with E-state index in [9.17, 15) is 19.2 Å². The van der Waals surface area contributed by atoms with Crippen LogP contribution in [-0.4, -0.2) is 47.4 Å². The van der Waals surface area contributed by atoms with Gasteiger partial charge in [-0.3, -0.25) is 19.3 Å². The third-order valence-corrected chi connectivity index (χ3v) is 5.82. The first-order valence-electron chi connectivity index (χ1n) is 9.90. The van der Waals surface area contributed by atoms with Gasteiger partial charge in [0.25, 0.3) is 11.8 Å². The minimum atomic E-state index is -0.921. The van der Waals surface area contributed by atoms with E-state index in [0.717, 1.165) is 35.3 Å². The van der Waals surface area contributed by atoms with Gasteiger partial charge in [-0.15, -0.1) is 0 Å². The molecule has 1 aliphatic carbocycles. The van der Waals surface area contributed by atoms with Crippen LogP contribution in [0.1, 0.15) is 43.7 Å². The van der Waals surface area contributed by atoms with E-state index in [1.54, 1.807) is 0 Å². The first-order valence-corrected chi connectivity index (χ1v) is 9.90. The number of rotatable bonds is 5. The highest BCUT2D eigenvalue weighted by Crippen LogP contribution is 2.38. The van der Waals surface area contributed by atoms with Gasteiger partial charge in [0.15, 0.2) is 6.61 Å². The molecule has 2 fully saturated rings. The molecular weight excluding hydrogens is 374 g/mol. The molecule has 29 heavy (non-hydrogen) atoms. The number of carbonyl (C=O) groups is 4. The molecule has 3 rings (SSSR count). The van der Waals surface area contributed by atoms with Crippen molar-refractivity contribution in [3.05, 3.63) is 29.3 Å². The van der Waals surface area contributed by atoms with Crippen molar-refractivity contribution in [3.63, 3.8) is 0 Å². The molecule has 1 aromatic rings. The standard InChI is InChI=1S/C21H27N3O5/c1-13-7-8-14(2)16(10-13)22-17(25)12-29-18(26)11-24-19(27)21(23-20(24)28)9-5-4-6-15(21)3/h7-8,10,15H,4-6,9,11-12H2,1-3H3,(H,22,25)(H,23,28)/t15-,21-/m1/s1. The molecule has 8 heteroatoms. The second kappa shape index (κ2) is 8.23. The Hall–Kier alpha value is -2.90. The molecule has 2 aliphatic rings. The van der Waals surface area contributed by atoms with Crippen LogP contribution in [-0.2, 0) is 19.1 Å². The summed E-state index contributed by atoms with van der Waals surface area (Å²) < 4.78 is 4.98. The van der Waals surface area contributed by atoms with E-state index in [-0.39, 0.29) is 11.8 Å². The number of nitrogens with zero attached hydrogens (tertiary/aromatic N) is 1. The van der Waals surface area contributed by atoms with Gasteiger partial charge in [0, 0.05) is 5.69 Å². The number of aryl methyl sites for hydroxylation is 2. The van der Waals surface area contributed by atoms with Gasteiger partial charge in [-0.05, 0) is 49.8 Å². The van der Waals surface area contributed by atoms with Crippen LogP contribution in [0.2, 0.25) is 0 Å². The van der Waals surface area contributed by atoms with Crippen LogP contribution in [0.3, 0.4) is 0 Å². The minimum absolute atomic E-state index is 0.0112. The molecule has 0 unspecified atom stereocenters. The number of hydrogen-bond donors (Lipinski definition) is 2. The second-order valence-electron chi connectivity index (χ2n) is 7.97. The Kier molecular flexibility index (Phi) is 5.91. The quantitative estimate of drug-likeness (QED) is 0.582. The number of nitrogens with one attached hydrogen (secondary N) is 2. The van der Waals surface area contributed by atoms with E-state index in [4.69, 9.17) is 4.74 Å². The summed E-state index contributed by atoms with van der Waals surface area (Å²) in [4.78, 5) is 50.3. The highest BCUT2D eigenvalue weighted by molar-refractivity contribution is 6.09. The number of benzene rings is 1. The maximum atomic E-state index is 12.8. The van der Waals surface area contributed by atoms with Gasteiger partial charge in [-0.25, -0.2) is 4.79 Å². The van der Waals surface area contributed by atoms with Crippen LogP contribution < -0.4 is 10.6 Å². The molecule has 1 aromatic carbocycles. The molecule has 1 spiro atoms. The predicted molar refractivity (Wildman–Crippen MR) is 106 cm³/mol. The molecular formula is C21H27N3O5. The normalized spacial score (nSPS) is 23.8. The summed E-state index contributed by atoms with van der Waals surface area (Å²) in [7, 11) is 0. The molecule has 4 amide bonds. The Balaban J connectivity index is 1.54. The number of amides is 4. The number of ether oxygens (including phenoxy) is 1. The second-order valence-corrected chi connectivity index (χ2v) is 7.97. The van der Waals surface area contributed by atoms with E-state index < -0.39 is 36.6 Å². The summed E-state index contributed by atoms with van der Waals surface area (Å²) in [5, 5.41) is 5.48. The molecule has 0 aromatic heterocycles. The first-order chi connectivity index (χ1) is 13.7. The number of hydrogen-bond acceptors (Lipinski definition) is 5. The summed E-state index contributed by atoms with van der Waals surface area (Å²) in [6.45, 7) is 4.72. The lowest BCUT2D eigenvalue weighted by atomic mass is 9.73. The van der Waals surface area contributed by atoms with Crippen molar-refractivity contribution >= 4 is 29.5 Å². The van der Waals surface area contributed by atoms with Crippen molar-refractivity contribution in [1.82, 2.24) is 10.2 Å². The Labute approximate surface area is 170 Å². The van der Waals surface area contributed by atoms with Crippen molar-refractivity contribution in [2.45, 2.75) is 52.0 Å². The lowest BCUT2D eigenvalue weighted by Crippen LogP contribution is -2.54. The van der Waals surface area contributed by atoms with Crippen molar-refractivity contribution in [2.24, 2.45) is 5.92 Å². The van der Waals surface area contributed by atoms with Crippen LogP contribution in [0, 0.1) is 19.8 Å². The third-order valence-electron chi connectivity index (χ3n) is 5.82. The smallest absolute Gasteiger partial charge is 0.326 e. The Morgan fingerprint density at radius 3 is 2.76 bits per heavy atom. The fraction of sp³-hybridized carbons (Fsp3) is 0.524. The zero-order valence-electron chi connectivity index (χ0n) is 17.0. The van der Waals surface area contributed by atoms with Crippen molar-refractivity contribution in [2.75, 3.05) is 18.5 Å². The maximum absolute atomic E-state index is 12.8. The lowest BCUT2D eigenvalue weighted by molar-refractivity contribution is -0.150. The highest BCUT2D eigenvalue weighted by atomic mass is 16.5. The van der Waals surface area contributed by atoms with E-state index >= 15 is 0 Å². The fourth-order valence-electron chi connectivity index (χ4n) is 4.02. The number of imide groups is 1. The monoisotopic (exact) mass is 401 g/mol. The first kappa shape index (κ1) is 20.8.